The van der Waals surface area contributed by atoms with E-state index in [1.54, 1.807) is 34.0 Å². The molecule has 0 aliphatic heterocycles. The van der Waals surface area contributed by atoms with E-state index in [1.165, 1.54) is 15.3 Å². The SMILES string of the molecule is Nc1sc(-c2cccs2)cc1-c1ccsc1. The molecule has 0 spiro atoms. The Bertz CT molecular complexity index is 576. The van der Waals surface area contributed by atoms with Crippen LogP contribution in [0.5, 0.6) is 0 Å². The van der Waals surface area contributed by atoms with Gasteiger partial charge in [-0.05, 0) is 39.9 Å². The number of rotatable bonds is 2. The molecule has 3 aromatic heterocycles. The number of anilines is 1. The number of hydrogen-bond donors (Lipinski definition) is 1. The monoisotopic (exact) mass is 263 g/mol. The molecule has 0 atom stereocenters. The van der Waals surface area contributed by atoms with Crippen LogP contribution < -0.4 is 5.73 Å². The Balaban J connectivity index is 2.09. The third-order valence-corrected chi connectivity index (χ3v) is 5.07. The van der Waals surface area contributed by atoms with Crippen LogP contribution in [0.3, 0.4) is 0 Å². The van der Waals surface area contributed by atoms with Crippen LogP contribution in [0.15, 0.2) is 40.4 Å². The topological polar surface area (TPSA) is 26.0 Å². The summed E-state index contributed by atoms with van der Waals surface area (Å²) in [5.41, 5.74) is 8.45. The van der Waals surface area contributed by atoms with Crippen LogP contribution >= 0.6 is 34.0 Å². The van der Waals surface area contributed by atoms with Crippen LogP contribution in [0.1, 0.15) is 0 Å². The maximum Gasteiger partial charge on any atom is 0.0943 e. The van der Waals surface area contributed by atoms with E-state index in [0.717, 1.165) is 10.6 Å². The largest absolute Gasteiger partial charge is 0.390 e. The first-order valence-corrected chi connectivity index (χ1v) is 7.44. The molecule has 0 radical (unpaired) electrons. The maximum atomic E-state index is 6.07. The molecule has 0 bridgehead atoms. The van der Waals surface area contributed by atoms with Gasteiger partial charge in [-0.25, -0.2) is 0 Å². The minimum Gasteiger partial charge on any atom is -0.390 e. The van der Waals surface area contributed by atoms with Gasteiger partial charge in [-0.3, -0.25) is 0 Å². The van der Waals surface area contributed by atoms with Gasteiger partial charge < -0.3 is 5.73 Å². The van der Waals surface area contributed by atoms with Crippen molar-refractivity contribution in [3.63, 3.8) is 0 Å². The molecule has 0 saturated heterocycles. The molecule has 0 fully saturated rings. The highest BCUT2D eigenvalue weighted by Crippen LogP contribution is 2.41. The Morgan fingerprint density at radius 2 is 2.00 bits per heavy atom. The predicted octanol–water partition coefficient (Wildman–Crippen LogP) is 4.79. The molecule has 3 aromatic rings. The van der Waals surface area contributed by atoms with Crippen molar-refractivity contribution in [3.05, 3.63) is 40.4 Å². The van der Waals surface area contributed by atoms with E-state index in [0.29, 0.717) is 0 Å². The molecular weight excluding hydrogens is 254 g/mol. The van der Waals surface area contributed by atoms with E-state index in [9.17, 15) is 0 Å². The molecule has 80 valence electrons. The van der Waals surface area contributed by atoms with Gasteiger partial charge in [0.25, 0.3) is 0 Å². The summed E-state index contributed by atoms with van der Waals surface area (Å²) in [7, 11) is 0. The van der Waals surface area contributed by atoms with E-state index in [4.69, 9.17) is 5.73 Å². The second-order valence-electron chi connectivity index (χ2n) is 3.38. The summed E-state index contributed by atoms with van der Waals surface area (Å²) in [5, 5.41) is 7.21. The van der Waals surface area contributed by atoms with Crippen LogP contribution in [0.2, 0.25) is 0 Å². The standard InChI is InChI=1S/C12H9NS3/c13-12-9(8-3-5-14-7-8)6-11(16-12)10-2-1-4-15-10/h1-7H,13H2. The van der Waals surface area contributed by atoms with Crippen molar-refractivity contribution >= 4 is 39.0 Å². The number of nitrogen functional groups attached to an aromatic ring is 1. The predicted molar refractivity (Wildman–Crippen MR) is 75.4 cm³/mol. The minimum atomic E-state index is 0.904. The zero-order valence-corrected chi connectivity index (χ0v) is 10.8. The summed E-state index contributed by atoms with van der Waals surface area (Å²) in [4.78, 5) is 2.55. The molecule has 3 heterocycles. The second kappa shape index (κ2) is 4.05. The zero-order valence-electron chi connectivity index (χ0n) is 8.34. The summed E-state index contributed by atoms with van der Waals surface area (Å²) < 4.78 is 0. The van der Waals surface area contributed by atoms with Crippen molar-refractivity contribution < 1.29 is 0 Å². The molecule has 0 aliphatic rings. The highest BCUT2D eigenvalue weighted by molar-refractivity contribution is 7.24. The van der Waals surface area contributed by atoms with Crippen molar-refractivity contribution in [2.75, 3.05) is 5.73 Å². The first-order chi connectivity index (χ1) is 7.84. The Hall–Kier alpha value is -1.10. The zero-order chi connectivity index (χ0) is 11.0. The normalized spacial score (nSPS) is 10.8. The first kappa shape index (κ1) is 10.1. The lowest BCUT2D eigenvalue weighted by Crippen LogP contribution is -1.80. The number of nitrogens with two attached hydrogens (primary N) is 1. The molecule has 2 N–H and O–H groups in total. The third kappa shape index (κ3) is 1.69. The Morgan fingerprint density at radius 3 is 2.69 bits per heavy atom. The fourth-order valence-electron chi connectivity index (χ4n) is 1.59. The molecular formula is C12H9NS3. The highest BCUT2D eigenvalue weighted by atomic mass is 32.1. The molecule has 0 amide bonds. The maximum absolute atomic E-state index is 6.07. The molecule has 4 heteroatoms. The van der Waals surface area contributed by atoms with Crippen LogP contribution in [0.25, 0.3) is 20.9 Å². The number of hydrogen-bond acceptors (Lipinski definition) is 4. The summed E-state index contributed by atoms with van der Waals surface area (Å²) >= 11 is 5.12. The molecule has 0 saturated carbocycles. The fraction of sp³-hybridized carbons (Fsp3) is 0. The van der Waals surface area contributed by atoms with Crippen LogP contribution in [0.4, 0.5) is 5.00 Å². The van der Waals surface area contributed by atoms with Gasteiger partial charge >= 0.3 is 0 Å². The molecule has 16 heavy (non-hydrogen) atoms. The van der Waals surface area contributed by atoms with Crippen molar-refractivity contribution in [1.82, 2.24) is 0 Å². The van der Waals surface area contributed by atoms with E-state index in [-0.39, 0.29) is 0 Å². The minimum absolute atomic E-state index is 0.904. The van der Waals surface area contributed by atoms with Crippen LogP contribution in [-0.2, 0) is 0 Å². The number of thiophene rings is 3. The van der Waals surface area contributed by atoms with E-state index in [2.05, 4.69) is 40.4 Å². The Kier molecular flexibility index (Phi) is 2.55. The van der Waals surface area contributed by atoms with Crippen molar-refractivity contribution in [2.24, 2.45) is 0 Å². The van der Waals surface area contributed by atoms with Crippen molar-refractivity contribution in [3.8, 4) is 20.9 Å². The van der Waals surface area contributed by atoms with Gasteiger partial charge in [0.1, 0.15) is 0 Å². The average molecular weight is 263 g/mol. The lowest BCUT2D eigenvalue weighted by molar-refractivity contribution is 1.81. The summed E-state index contributed by atoms with van der Waals surface area (Å²) in [6.07, 6.45) is 0. The lowest BCUT2D eigenvalue weighted by Gasteiger charge is -1.92. The first-order valence-electron chi connectivity index (χ1n) is 4.80. The van der Waals surface area contributed by atoms with Gasteiger partial charge in [0.2, 0.25) is 0 Å². The highest BCUT2D eigenvalue weighted by Gasteiger charge is 2.10. The van der Waals surface area contributed by atoms with Gasteiger partial charge in [-0.1, -0.05) is 6.07 Å². The smallest absolute Gasteiger partial charge is 0.0943 e. The molecule has 1 nitrogen and oxygen atoms in total. The summed E-state index contributed by atoms with van der Waals surface area (Å²) in [6.45, 7) is 0. The van der Waals surface area contributed by atoms with E-state index >= 15 is 0 Å². The van der Waals surface area contributed by atoms with Gasteiger partial charge in [-0.2, -0.15) is 11.3 Å². The third-order valence-electron chi connectivity index (χ3n) is 2.36. The van der Waals surface area contributed by atoms with Crippen molar-refractivity contribution in [1.29, 1.82) is 0 Å². The average Bonchev–Trinajstić information content (AvgIpc) is 2.97. The summed E-state index contributed by atoms with van der Waals surface area (Å²) in [6, 6.07) is 8.50. The van der Waals surface area contributed by atoms with Gasteiger partial charge in [0.15, 0.2) is 0 Å². The fourth-order valence-corrected chi connectivity index (χ4v) is 4.02. The van der Waals surface area contributed by atoms with Crippen LogP contribution in [-0.4, -0.2) is 0 Å². The van der Waals surface area contributed by atoms with E-state index in [1.807, 2.05) is 0 Å². The quantitative estimate of drug-likeness (QED) is 0.707. The Morgan fingerprint density at radius 1 is 1.06 bits per heavy atom. The van der Waals surface area contributed by atoms with Gasteiger partial charge in [0.05, 0.1) is 5.00 Å². The molecule has 0 aliphatic carbocycles. The second-order valence-corrected chi connectivity index (χ2v) is 6.19. The van der Waals surface area contributed by atoms with E-state index < -0.39 is 0 Å². The van der Waals surface area contributed by atoms with Gasteiger partial charge in [0, 0.05) is 15.3 Å². The Labute approximate surface area is 106 Å². The van der Waals surface area contributed by atoms with Gasteiger partial charge in [-0.15, -0.1) is 22.7 Å². The van der Waals surface area contributed by atoms with Crippen LogP contribution in [0, 0.1) is 0 Å². The summed E-state index contributed by atoms with van der Waals surface area (Å²) in [5.74, 6) is 0. The molecule has 0 unspecified atom stereocenters. The van der Waals surface area contributed by atoms with Crippen molar-refractivity contribution in [2.45, 2.75) is 0 Å². The lowest BCUT2D eigenvalue weighted by atomic mass is 10.1. The molecule has 3 rings (SSSR count). The molecule has 0 aromatic carbocycles.